The third kappa shape index (κ3) is 4.06. The molecule has 142 valence electrons. The number of H-pyrrole nitrogens is 1. The van der Waals surface area contributed by atoms with Gasteiger partial charge in [-0.1, -0.05) is 18.2 Å². The summed E-state index contributed by atoms with van der Waals surface area (Å²) in [6.07, 6.45) is 6.25. The number of para-hydroxylation sites is 1. The van der Waals surface area contributed by atoms with Gasteiger partial charge in [0.15, 0.2) is 0 Å². The summed E-state index contributed by atoms with van der Waals surface area (Å²) in [4.78, 5) is 22.8. The molecule has 2 atom stereocenters. The smallest absolute Gasteiger partial charge is 0.270 e. The number of amides is 1. The van der Waals surface area contributed by atoms with Crippen LogP contribution in [0.3, 0.4) is 0 Å². The number of carbonyl (C=O) groups is 1. The summed E-state index contributed by atoms with van der Waals surface area (Å²) in [7, 11) is 0. The number of carbonyl (C=O) groups excluding carboxylic acids is 1. The van der Waals surface area contributed by atoms with E-state index < -0.39 is 0 Å². The Morgan fingerprint density at radius 2 is 2.26 bits per heavy atom. The van der Waals surface area contributed by atoms with Crippen LogP contribution in [0.15, 0.2) is 41.9 Å². The molecule has 0 unspecified atom stereocenters. The van der Waals surface area contributed by atoms with E-state index in [0.717, 1.165) is 48.3 Å². The molecule has 0 aliphatic heterocycles. The van der Waals surface area contributed by atoms with Crippen LogP contribution in [0.4, 0.5) is 0 Å². The molecule has 2 heterocycles. The minimum atomic E-state index is 0.110. The first-order valence-electron chi connectivity index (χ1n) is 9.75. The van der Waals surface area contributed by atoms with Crippen LogP contribution < -0.4 is 5.32 Å². The lowest BCUT2D eigenvalue weighted by Gasteiger charge is -2.37. The van der Waals surface area contributed by atoms with Gasteiger partial charge in [-0.05, 0) is 44.7 Å². The number of rotatable bonds is 6. The summed E-state index contributed by atoms with van der Waals surface area (Å²) in [6.45, 7) is 3.63. The second kappa shape index (κ2) is 8.23. The van der Waals surface area contributed by atoms with E-state index in [2.05, 4.69) is 22.2 Å². The maximum absolute atomic E-state index is 13.2. The lowest BCUT2D eigenvalue weighted by Crippen LogP contribution is -2.46. The van der Waals surface area contributed by atoms with Gasteiger partial charge in [-0.2, -0.15) is 0 Å². The fourth-order valence-corrected chi connectivity index (χ4v) is 4.68. The SMILES string of the molecule is CCN(C(=O)c1cc2ccccc2[nH]1)[C@H]1CCC[C@@H](NCc2nccs2)C1. The lowest BCUT2D eigenvalue weighted by atomic mass is 9.89. The van der Waals surface area contributed by atoms with E-state index in [1.165, 1.54) is 6.42 Å². The number of nitrogens with zero attached hydrogens (tertiary/aromatic N) is 2. The van der Waals surface area contributed by atoms with Crippen molar-refractivity contribution in [1.29, 1.82) is 0 Å². The highest BCUT2D eigenvalue weighted by Gasteiger charge is 2.29. The van der Waals surface area contributed by atoms with Crippen molar-refractivity contribution in [2.75, 3.05) is 6.54 Å². The average molecular weight is 383 g/mol. The number of fused-ring (bicyclic) bond motifs is 1. The summed E-state index contributed by atoms with van der Waals surface area (Å²) in [5, 5.41) is 7.86. The van der Waals surface area contributed by atoms with Gasteiger partial charge in [-0.15, -0.1) is 11.3 Å². The average Bonchev–Trinajstić information content (AvgIpc) is 3.37. The van der Waals surface area contributed by atoms with Gasteiger partial charge in [0.2, 0.25) is 0 Å². The fourth-order valence-electron chi connectivity index (χ4n) is 4.12. The van der Waals surface area contributed by atoms with Crippen LogP contribution in [0.2, 0.25) is 0 Å². The van der Waals surface area contributed by atoms with Crippen molar-refractivity contribution in [1.82, 2.24) is 20.2 Å². The second-order valence-electron chi connectivity index (χ2n) is 7.19. The Morgan fingerprint density at radius 3 is 3.04 bits per heavy atom. The van der Waals surface area contributed by atoms with Gasteiger partial charge in [0, 0.05) is 47.7 Å². The predicted octanol–water partition coefficient (Wildman–Crippen LogP) is 4.19. The number of hydrogen-bond donors (Lipinski definition) is 2. The molecule has 6 heteroatoms. The largest absolute Gasteiger partial charge is 0.351 e. The molecule has 1 saturated carbocycles. The summed E-state index contributed by atoms with van der Waals surface area (Å²) < 4.78 is 0. The number of aromatic nitrogens is 2. The molecule has 2 N–H and O–H groups in total. The van der Waals surface area contributed by atoms with E-state index in [4.69, 9.17) is 0 Å². The Hall–Kier alpha value is -2.18. The molecule has 0 radical (unpaired) electrons. The van der Waals surface area contributed by atoms with Crippen LogP contribution in [0.25, 0.3) is 10.9 Å². The van der Waals surface area contributed by atoms with Crippen molar-refractivity contribution in [3.63, 3.8) is 0 Å². The Morgan fingerprint density at radius 1 is 1.37 bits per heavy atom. The van der Waals surface area contributed by atoms with E-state index in [9.17, 15) is 4.79 Å². The Labute approximate surface area is 163 Å². The second-order valence-corrected chi connectivity index (χ2v) is 8.16. The molecule has 27 heavy (non-hydrogen) atoms. The van der Waals surface area contributed by atoms with E-state index in [1.807, 2.05) is 46.8 Å². The minimum Gasteiger partial charge on any atom is -0.351 e. The number of aromatic amines is 1. The van der Waals surface area contributed by atoms with Crippen LogP contribution in [-0.4, -0.2) is 39.4 Å². The maximum Gasteiger partial charge on any atom is 0.270 e. The van der Waals surface area contributed by atoms with Gasteiger partial charge < -0.3 is 15.2 Å². The first-order chi connectivity index (χ1) is 13.2. The Kier molecular flexibility index (Phi) is 5.55. The highest BCUT2D eigenvalue weighted by atomic mass is 32.1. The number of hydrogen-bond acceptors (Lipinski definition) is 4. The molecule has 1 aliphatic rings. The molecule has 5 nitrogen and oxygen atoms in total. The lowest BCUT2D eigenvalue weighted by molar-refractivity contribution is 0.0623. The van der Waals surface area contributed by atoms with E-state index >= 15 is 0 Å². The summed E-state index contributed by atoms with van der Waals surface area (Å²) in [5.74, 6) is 0.110. The van der Waals surface area contributed by atoms with Crippen LogP contribution in [0.5, 0.6) is 0 Å². The quantitative estimate of drug-likeness (QED) is 0.672. The molecule has 1 aromatic carbocycles. The standard InChI is InChI=1S/C21H26N4OS/c1-2-25(21(26)19-12-15-6-3-4-9-18(15)24-19)17-8-5-7-16(13-17)23-14-20-22-10-11-27-20/h3-4,6,9-12,16-17,23-24H,2,5,7-8,13-14H2,1H3/t16-,17+/m1/s1. The summed E-state index contributed by atoms with van der Waals surface area (Å²) in [6, 6.07) is 10.8. The van der Waals surface area contributed by atoms with Crippen molar-refractivity contribution in [2.24, 2.45) is 0 Å². The van der Waals surface area contributed by atoms with Gasteiger partial charge in [0.1, 0.15) is 10.7 Å². The van der Waals surface area contributed by atoms with Crippen molar-refractivity contribution in [3.05, 3.63) is 52.6 Å². The first-order valence-corrected chi connectivity index (χ1v) is 10.6. The van der Waals surface area contributed by atoms with Crippen LogP contribution in [0.1, 0.15) is 48.1 Å². The molecule has 1 amide bonds. The maximum atomic E-state index is 13.2. The van der Waals surface area contributed by atoms with Crippen LogP contribution in [0, 0.1) is 0 Å². The molecule has 0 bridgehead atoms. The van der Waals surface area contributed by atoms with E-state index in [0.29, 0.717) is 11.7 Å². The molecule has 1 aliphatic carbocycles. The van der Waals surface area contributed by atoms with Crippen molar-refractivity contribution < 1.29 is 4.79 Å². The Bertz CT molecular complexity index is 856. The monoisotopic (exact) mass is 382 g/mol. The number of nitrogens with one attached hydrogen (secondary N) is 2. The number of thiazole rings is 1. The van der Waals surface area contributed by atoms with Crippen molar-refractivity contribution >= 4 is 28.1 Å². The third-order valence-corrected chi connectivity index (χ3v) is 6.25. The van der Waals surface area contributed by atoms with E-state index in [-0.39, 0.29) is 11.9 Å². The highest BCUT2D eigenvalue weighted by molar-refractivity contribution is 7.09. The molecule has 1 fully saturated rings. The van der Waals surface area contributed by atoms with Gasteiger partial charge in [0.25, 0.3) is 5.91 Å². The first kappa shape index (κ1) is 18.2. The molecule has 0 spiro atoms. The van der Waals surface area contributed by atoms with Crippen LogP contribution in [-0.2, 0) is 6.54 Å². The third-order valence-electron chi connectivity index (χ3n) is 5.47. The molecule has 2 aromatic heterocycles. The predicted molar refractivity (Wildman–Crippen MR) is 110 cm³/mol. The van der Waals surface area contributed by atoms with E-state index in [1.54, 1.807) is 11.3 Å². The Balaban J connectivity index is 1.43. The summed E-state index contributed by atoms with van der Waals surface area (Å²) >= 11 is 1.68. The molecular weight excluding hydrogens is 356 g/mol. The molecule has 0 saturated heterocycles. The molecule has 3 aromatic rings. The van der Waals surface area contributed by atoms with Gasteiger partial charge in [-0.25, -0.2) is 4.98 Å². The van der Waals surface area contributed by atoms with Gasteiger partial charge in [-0.3, -0.25) is 4.79 Å². The topological polar surface area (TPSA) is 61.0 Å². The molecule has 4 rings (SSSR count). The zero-order chi connectivity index (χ0) is 18.6. The van der Waals surface area contributed by atoms with Gasteiger partial charge in [0.05, 0.1) is 0 Å². The van der Waals surface area contributed by atoms with Crippen molar-refractivity contribution in [3.8, 4) is 0 Å². The van der Waals surface area contributed by atoms with Crippen molar-refractivity contribution in [2.45, 2.75) is 51.2 Å². The normalized spacial score (nSPS) is 20.0. The van der Waals surface area contributed by atoms with Gasteiger partial charge >= 0.3 is 0 Å². The van der Waals surface area contributed by atoms with Crippen LogP contribution >= 0.6 is 11.3 Å². The molecular formula is C21H26N4OS. The highest BCUT2D eigenvalue weighted by Crippen LogP contribution is 2.26. The minimum absolute atomic E-state index is 0.110. The fraction of sp³-hybridized carbons (Fsp3) is 0.429. The summed E-state index contributed by atoms with van der Waals surface area (Å²) in [5.41, 5.74) is 1.71. The zero-order valence-corrected chi connectivity index (χ0v) is 16.5. The number of benzene rings is 1. The zero-order valence-electron chi connectivity index (χ0n) is 15.6.